The highest BCUT2D eigenvalue weighted by atomic mass is 127. The average Bonchev–Trinajstić information content (AvgIpc) is 2.22. The molecule has 1 aliphatic heterocycles. The fourth-order valence-electron chi connectivity index (χ4n) is 1.42. The van der Waals surface area contributed by atoms with E-state index in [0.717, 1.165) is 14.7 Å². The molecule has 0 saturated carbocycles. The zero-order valence-electron chi connectivity index (χ0n) is 6.91. The molecule has 1 aromatic carbocycles. The molecule has 0 amide bonds. The van der Waals surface area contributed by atoms with Crippen LogP contribution in [0.4, 0.5) is 0 Å². The fraction of sp³-hybridized carbons (Fsp3) is 0.111. The second kappa shape index (κ2) is 2.81. The lowest BCUT2D eigenvalue weighted by molar-refractivity contribution is 0.605. The lowest BCUT2D eigenvalue weighted by atomic mass is 10.1. The van der Waals surface area contributed by atoms with Crippen LogP contribution in [0.2, 0.25) is 0 Å². The summed E-state index contributed by atoms with van der Waals surface area (Å²) in [5, 5.41) is 1.33. The minimum Gasteiger partial charge on any atom is -0.219 e. The van der Waals surface area contributed by atoms with Gasteiger partial charge < -0.3 is 0 Å². The molecule has 0 saturated heterocycles. The fourth-order valence-corrected chi connectivity index (χ4v) is 3.41. The van der Waals surface area contributed by atoms with Crippen LogP contribution in [0.1, 0.15) is 12.5 Å². The maximum absolute atomic E-state index is 11.5. The molecule has 0 unspecified atom stereocenters. The molecule has 0 bridgehead atoms. The first-order valence-corrected chi connectivity index (χ1v) is 6.36. The van der Waals surface area contributed by atoms with Crippen LogP contribution in [0.15, 0.2) is 28.5 Å². The van der Waals surface area contributed by atoms with Crippen molar-refractivity contribution in [2.45, 2.75) is 11.8 Å². The van der Waals surface area contributed by atoms with Gasteiger partial charge in [0.1, 0.15) is 0 Å². The van der Waals surface area contributed by atoms with Crippen LogP contribution < -0.4 is 0 Å². The van der Waals surface area contributed by atoms with Gasteiger partial charge in [-0.3, -0.25) is 0 Å². The molecule has 0 spiro atoms. The SMILES string of the molecule is CC1=CS(=O)(=O)c2ccc(I)cc21. The Kier molecular flexibility index (Phi) is 1.99. The molecule has 2 rings (SSSR count). The Morgan fingerprint density at radius 1 is 1.31 bits per heavy atom. The van der Waals surface area contributed by atoms with Crippen molar-refractivity contribution in [2.75, 3.05) is 0 Å². The minimum absolute atomic E-state index is 0.436. The largest absolute Gasteiger partial charge is 0.219 e. The third kappa shape index (κ3) is 1.42. The second-order valence-electron chi connectivity index (χ2n) is 2.99. The number of rotatable bonds is 0. The second-order valence-corrected chi connectivity index (χ2v) is 6.00. The monoisotopic (exact) mass is 306 g/mol. The predicted octanol–water partition coefficient (Wildman–Crippen LogP) is 2.44. The summed E-state index contributed by atoms with van der Waals surface area (Å²) in [5.41, 5.74) is 1.67. The smallest absolute Gasteiger partial charge is 0.200 e. The van der Waals surface area contributed by atoms with Crippen LogP contribution in [-0.2, 0) is 9.84 Å². The molecular formula is C9H7IO2S. The van der Waals surface area contributed by atoms with E-state index in [2.05, 4.69) is 22.6 Å². The van der Waals surface area contributed by atoms with Gasteiger partial charge in [0, 0.05) is 8.98 Å². The Labute approximate surface area is 90.7 Å². The Hall–Kier alpha value is -0.360. The highest BCUT2D eigenvalue weighted by Gasteiger charge is 2.24. The van der Waals surface area contributed by atoms with Crippen molar-refractivity contribution in [3.05, 3.63) is 32.7 Å². The van der Waals surface area contributed by atoms with Crippen LogP contribution in [-0.4, -0.2) is 8.42 Å². The van der Waals surface area contributed by atoms with Crippen molar-refractivity contribution in [3.8, 4) is 0 Å². The topological polar surface area (TPSA) is 34.1 Å². The summed E-state index contributed by atoms with van der Waals surface area (Å²) in [6.45, 7) is 1.82. The standard InChI is InChI=1S/C9H7IO2S/c1-6-5-13(11,12)9-3-2-7(10)4-8(6)9/h2-5H,1H3. The normalized spacial score (nSPS) is 18.2. The highest BCUT2D eigenvalue weighted by molar-refractivity contribution is 14.1. The summed E-state index contributed by atoms with van der Waals surface area (Å²) in [6.07, 6.45) is 0. The van der Waals surface area contributed by atoms with Gasteiger partial charge in [-0.2, -0.15) is 0 Å². The molecule has 0 atom stereocenters. The molecule has 4 heteroatoms. The van der Waals surface area contributed by atoms with Crippen molar-refractivity contribution in [3.63, 3.8) is 0 Å². The van der Waals surface area contributed by atoms with Crippen molar-refractivity contribution >= 4 is 38.0 Å². The van der Waals surface area contributed by atoms with Crippen LogP contribution >= 0.6 is 22.6 Å². The van der Waals surface area contributed by atoms with E-state index >= 15 is 0 Å². The zero-order chi connectivity index (χ0) is 9.64. The Balaban J connectivity index is 2.82. The van der Waals surface area contributed by atoms with Gasteiger partial charge in [0.15, 0.2) is 0 Å². The molecule has 0 aliphatic carbocycles. The lowest BCUT2D eigenvalue weighted by Gasteiger charge is -1.99. The number of hydrogen-bond donors (Lipinski definition) is 0. The Morgan fingerprint density at radius 2 is 2.00 bits per heavy atom. The number of halogens is 1. The first kappa shape index (κ1) is 9.21. The average molecular weight is 306 g/mol. The highest BCUT2D eigenvalue weighted by Crippen LogP contribution is 2.33. The Morgan fingerprint density at radius 3 is 2.69 bits per heavy atom. The van der Waals surface area contributed by atoms with E-state index in [1.165, 1.54) is 5.41 Å². The van der Waals surface area contributed by atoms with Gasteiger partial charge in [0.05, 0.1) is 4.90 Å². The molecule has 0 radical (unpaired) electrons. The molecule has 13 heavy (non-hydrogen) atoms. The summed E-state index contributed by atoms with van der Waals surface area (Å²) in [7, 11) is -3.14. The summed E-state index contributed by atoms with van der Waals surface area (Å²) in [4.78, 5) is 0.436. The maximum Gasteiger partial charge on any atom is 0.200 e. The van der Waals surface area contributed by atoms with E-state index in [1.807, 2.05) is 19.1 Å². The van der Waals surface area contributed by atoms with Gasteiger partial charge in [-0.05, 0) is 58.9 Å². The van der Waals surface area contributed by atoms with E-state index in [1.54, 1.807) is 6.07 Å². The summed E-state index contributed by atoms with van der Waals surface area (Å²) in [5.74, 6) is 0. The van der Waals surface area contributed by atoms with Crippen molar-refractivity contribution in [1.29, 1.82) is 0 Å². The molecule has 2 nitrogen and oxygen atoms in total. The molecule has 68 valence electrons. The van der Waals surface area contributed by atoms with Crippen molar-refractivity contribution in [2.24, 2.45) is 0 Å². The van der Waals surface area contributed by atoms with Gasteiger partial charge in [-0.15, -0.1) is 0 Å². The number of sulfone groups is 1. The number of fused-ring (bicyclic) bond motifs is 1. The number of allylic oxidation sites excluding steroid dienone is 1. The van der Waals surface area contributed by atoms with Crippen LogP contribution in [0.5, 0.6) is 0 Å². The van der Waals surface area contributed by atoms with Crippen LogP contribution in [0.25, 0.3) is 5.57 Å². The van der Waals surface area contributed by atoms with Gasteiger partial charge >= 0.3 is 0 Å². The lowest BCUT2D eigenvalue weighted by Crippen LogP contribution is -1.92. The van der Waals surface area contributed by atoms with Crippen LogP contribution in [0.3, 0.4) is 0 Å². The van der Waals surface area contributed by atoms with Gasteiger partial charge in [-0.1, -0.05) is 0 Å². The van der Waals surface area contributed by atoms with E-state index in [4.69, 9.17) is 0 Å². The van der Waals surface area contributed by atoms with E-state index in [0.29, 0.717) is 4.90 Å². The molecular weight excluding hydrogens is 299 g/mol. The predicted molar refractivity (Wildman–Crippen MR) is 60.0 cm³/mol. The molecule has 1 aliphatic rings. The van der Waals surface area contributed by atoms with Crippen LogP contribution in [0, 0.1) is 3.57 Å². The molecule has 1 aromatic rings. The third-order valence-electron chi connectivity index (χ3n) is 2.00. The van der Waals surface area contributed by atoms with E-state index in [-0.39, 0.29) is 0 Å². The first-order chi connectivity index (χ1) is 6.00. The van der Waals surface area contributed by atoms with E-state index < -0.39 is 9.84 Å². The van der Waals surface area contributed by atoms with Gasteiger partial charge in [0.2, 0.25) is 9.84 Å². The summed E-state index contributed by atoms with van der Waals surface area (Å²) in [6, 6.07) is 5.37. The van der Waals surface area contributed by atoms with E-state index in [9.17, 15) is 8.42 Å². The quantitative estimate of drug-likeness (QED) is 0.690. The number of hydrogen-bond acceptors (Lipinski definition) is 2. The van der Waals surface area contributed by atoms with Crippen molar-refractivity contribution < 1.29 is 8.42 Å². The zero-order valence-corrected chi connectivity index (χ0v) is 9.89. The molecule has 0 N–H and O–H groups in total. The molecule has 0 aromatic heterocycles. The third-order valence-corrected chi connectivity index (χ3v) is 4.31. The first-order valence-electron chi connectivity index (χ1n) is 3.74. The molecule has 1 heterocycles. The summed E-state index contributed by atoms with van der Waals surface area (Å²) < 4.78 is 24.0. The molecule has 0 fully saturated rings. The van der Waals surface area contributed by atoms with Crippen molar-refractivity contribution in [1.82, 2.24) is 0 Å². The Bertz CT molecular complexity index is 500. The minimum atomic E-state index is -3.14. The maximum atomic E-state index is 11.5. The van der Waals surface area contributed by atoms with Gasteiger partial charge in [0.25, 0.3) is 0 Å². The summed E-state index contributed by atoms with van der Waals surface area (Å²) >= 11 is 2.17. The number of benzene rings is 1. The van der Waals surface area contributed by atoms with Gasteiger partial charge in [-0.25, -0.2) is 8.42 Å².